The summed E-state index contributed by atoms with van der Waals surface area (Å²) < 4.78 is 6.10. The van der Waals surface area contributed by atoms with Gasteiger partial charge in [-0.3, -0.25) is 9.69 Å². The molecule has 3 aromatic rings. The van der Waals surface area contributed by atoms with Gasteiger partial charge >= 0.3 is 0 Å². The summed E-state index contributed by atoms with van der Waals surface area (Å²) in [7, 11) is 2.15. The second-order valence-electron chi connectivity index (χ2n) is 9.48. The average Bonchev–Trinajstić information content (AvgIpc) is 2.89. The molecule has 1 aliphatic heterocycles. The Balaban J connectivity index is 1.23. The zero-order valence-electron chi connectivity index (χ0n) is 20.8. The van der Waals surface area contributed by atoms with E-state index in [2.05, 4.69) is 48.0 Å². The fraction of sp³-hybridized carbons (Fsp3) is 0.367. The molecule has 0 aliphatic carbocycles. The molecule has 1 aliphatic rings. The van der Waals surface area contributed by atoms with Crippen molar-refractivity contribution in [1.82, 2.24) is 4.90 Å². The van der Waals surface area contributed by atoms with Crippen LogP contribution in [0.15, 0.2) is 72.8 Å². The summed E-state index contributed by atoms with van der Waals surface area (Å²) in [6, 6.07) is 23.5. The third-order valence-electron chi connectivity index (χ3n) is 6.74. The Labute approximate surface area is 214 Å². The van der Waals surface area contributed by atoms with Gasteiger partial charge < -0.3 is 9.64 Å². The lowest BCUT2D eigenvalue weighted by Gasteiger charge is -2.32. The molecular weight excluding hydrogens is 456 g/mol. The second kappa shape index (κ2) is 12.2. The van der Waals surface area contributed by atoms with Gasteiger partial charge in [-0.1, -0.05) is 42.8 Å². The zero-order valence-corrected chi connectivity index (χ0v) is 21.5. The quantitative estimate of drug-likeness (QED) is 0.296. The van der Waals surface area contributed by atoms with E-state index >= 15 is 0 Å². The molecule has 0 aromatic heterocycles. The number of piperidine rings is 1. The highest BCUT2D eigenvalue weighted by molar-refractivity contribution is 6.30. The molecule has 0 bridgehead atoms. The van der Waals surface area contributed by atoms with Crippen molar-refractivity contribution in [2.45, 2.75) is 32.7 Å². The monoisotopic (exact) mass is 490 g/mol. The zero-order chi connectivity index (χ0) is 24.6. The van der Waals surface area contributed by atoms with Crippen molar-refractivity contribution in [3.05, 3.63) is 94.5 Å². The van der Waals surface area contributed by atoms with Crippen LogP contribution in [0.4, 0.5) is 5.69 Å². The first-order chi connectivity index (χ1) is 17.0. The highest BCUT2D eigenvalue weighted by Gasteiger charge is 2.20. The Morgan fingerprint density at radius 1 is 1.00 bits per heavy atom. The van der Waals surface area contributed by atoms with Crippen LogP contribution in [-0.2, 0) is 6.54 Å². The Kier molecular flexibility index (Phi) is 8.84. The van der Waals surface area contributed by atoms with E-state index < -0.39 is 0 Å². The molecule has 4 rings (SSSR count). The molecule has 4 nitrogen and oxygen atoms in total. The molecular formula is C30H35ClN2O2. The molecule has 35 heavy (non-hydrogen) atoms. The molecule has 1 heterocycles. The number of anilines is 1. The van der Waals surface area contributed by atoms with E-state index in [9.17, 15) is 4.79 Å². The van der Waals surface area contributed by atoms with E-state index in [0.717, 1.165) is 51.2 Å². The molecule has 0 N–H and O–H groups in total. The van der Waals surface area contributed by atoms with Crippen molar-refractivity contribution in [3.63, 3.8) is 0 Å². The van der Waals surface area contributed by atoms with Gasteiger partial charge in [0.2, 0.25) is 0 Å². The maximum Gasteiger partial charge on any atom is 0.193 e. The van der Waals surface area contributed by atoms with Gasteiger partial charge in [-0.2, -0.15) is 0 Å². The van der Waals surface area contributed by atoms with Crippen LogP contribution in [0.25, 0.3) is 0 Å². The summed E-state index contributed by atoms with van der Waals surface area (Å²) in [4.78, 5) is 17.6. The molecule has 0 atom stereocenters. The Bertz CT molecular complexity index is 1090. The van der Waals surface area contributed by atoms with Crippen LogP contribution in [0.1, 0.15) is 47.7 Å². The minimum atomic E-state index is -0.0227. The Morgan fingerprint density at radius 2 is 1.71 bits per heavy atom. The smallest absolute Gasteiger partial charge is 0.193 e. The molecule has 0 saturated carbocycles. The number of ketones is 1. The molecule has 1 saturated heterocycles. The van der Waals surface area contributed by atoms with E-state index in [1.807, 2.05) is 24.3 Å². The standard InChI is InChI=1S/C30H35ClN2O2/c1-3-17-32(2)28-13-7-23(8-14-28)21-33-18-15-24(16-19-33)22-35-29-6-4-5-26(20-29)30(34)25-9-11-27(31)12-10-25/h4-14,20,24H,3,15-19,21-22H2,1-2H3. The van der Waals surface area contributed by atoms with Gasteiger partial charge in [-0.15, -0.1) is 0 Å². The van der Waals surface area contributed by atoms with Crippen LogP contribution >= 0.6 is 11.6 Å². The highest BCUT2D eigenvalue weighted by atomic mass is 35.5. The van der Waals surface area contributed by atoms with Crippen molar-refractivity contribution in [2.75, 3.05) is 38.2 Å². The van der Waals surface area contributed by atoms with Crippen molar-refractivity contribution in [2.24, 2.45) is 5.92 Å². The van der Waals surface area contributed by atoms with Crippen LogP contribution in [-0.4, -0.2) is 44.0 Å². The number of carbonyl (C=O) groups is 1. The van der Waals surface area contributed by atoms with Crippen molar-refractivity contribution in [3.8, 4) is 5.75 Å². The number of likely N-dealkylation sites (tertiary alicyclic amines) is 1. The first-order valence-electron chi connectivity index (χ1n) is 12.6. The largest absolute Gasteiger partial charge is 0.493 e. The fourth-order valence-corrected chi connectivity index (χ4v) is 4.72. The number of hydrogen-bond donors (Lipinski definition) is 0. The number of hydrogen-bond acceptors (Lipinski definition) is 4. The predicted octanol–water partition coefficient (Wildman–Crippen LogP) is 6.71. The lowest BCUT2D eigenvalue weighted by molar-refractivity contribution is 0.103. The summed E-state index contributed by atoms with van der Waals surface area (Å²) in [6.07, 6.45) is 3.41. The number of ether oxygens (including phenoxy) is 1. The normalized spacial score (nSPS) is 14.6. The van der Waals surface area contributed by atoms with Gasteiger partial charge in [0.1, 0.15) is 5.75 Å². The number of halogens is 1. The van der Waals surface area contributed by atoms with Gasteiger partial charge in [0.05, 0.1) is 6.61 Å². The lowest BCUT2D eigenvalue weighted by atomic mass is 9.97. The highest BCUT2D eigenvalue weighted by Crippen LogP contribution is 2.23. The molecule has 184 valence electrons. The molecule has 5 heteroatoms. The Hall–Kier alpha value is -2.82. The maximum atomic E-state index is 12.8. The summed E-state index contributed by atoms with van der Waals surface area (Å²) in [5, 5.41) is 0.623. The van der Waals surface area contributed by atoms with E-state index in [1.54, 1.807) is 24.3 Å². The topological polar surface area (TPSA) is 32.8 Å². The van der Waals surface area contributed by atoms with Gasteiger partial charge in [-0.05, 0) is 92.4 Å². The van der Waals surface area contributed by atoms with Crippen LogP contribution in [0.2, 0.25) is 5.02 Å². The third-order valence-corrected chi connectivity index (χ3v) is 6.99. The van der Waals surface area contributed by atoms with Crippen molar-refractivity contribution in [1.29, 1.82) is 0 Å². The average molecular weight is 491 g/mol. The maximum absolute atomic E-state index is 12.8. The van der Waals surface area contributed by atoms with Gasteiger partial charge in [0, 0.05) is 42.0 Å². The van der Waals surface area contributed by atoms with Crippen LogP contribution < -0.4 is 9.64 Å². The number of rotatable bonds is 10. The van der Waals surface area contributed by atoms with E-state index in [4.69, 9.17) is 16.3 Å². The second-order valence-corrected chi connectivity index (χ2v) is 9.92. The van der Waals surface area contributed by atoms with Crippen molar-refractivity contribution >= 4 is 23.1 Å². The molecule has 0 radical (unpaired) electrons. The van der Waals surface area contributed by atoms with Gasteiger partial charge in [-0.25, -0.2) is 0 Å². The third kappa shape index (κ3) is 7.09. The first-order valence-corrected chi connectivity index (χ1v) is 12.9. The van der Waals surface area contributed by atoms with E-state index in [0.29, 0.717) is 28.7 Å². The Morgan fingerprint density at radius 3 is 2.40 bits per heavy atom. The predicted molar refractivity (Wildman–Crippen MR) is 145 cm³/mol. The van der Waals surface area contributed by atoms with E-state index in [-0.39, 0.29) is 5.78 Å². The van der Waals surface area contributed by atoms with Crippen LogP contribution in [0, 0.1) is 5.92 Å². The van der Waals surface area contributed by atoms with E-state index in [1.165, 1.54) is 11.3 Å². The lowest BCUT2D eigenvalue weighted by Crippen LogP contribution is -2.35. The van der Waals surface area contributed by atoms with Crippen molar-refractivity contribution < 1.29 is 9.53 Å². The van der Waals surface area contributed by atoms with Gasteiger partial charge in [0.25, 0.3) is 0 Å². The number of carbonyl (C=O) groups excluding carboxylic acids is 1. The molecule has 0 unspecified atom stereocenters. The summed E-state index contributed by atoms with van der Waals surface area (Å²) >= 11 is 5.94. The molecule has 0 amide bonds. The summed E-state index contributed by atoms with van der Waals surface area (Å²) in [6.45, 7) is 7.14. The minimum Gasteiger partial charge on any atom is -0.493 e. The summed E-state index contributed by atoms with van der Waals surface area (Å²) in [5.41, 5.74) is 3.91. The fourth-order valence-electron chi connectivity index (χ4n) is 4.60. The number of benzene rings is 3. The molecule has 1 fully saturated rings. The van der Waals surface area contributed by atoms with Gasteiger partial charge in [0.15, 0.2) is 5.78 Å². The SMILES string of the molecule is CCCN(C)c1ccc(CN2CCC(COc3cccc(C(=O)c4ccc(Cl)cc4)c3)CC2)cc1. The molecule has 3 aromatic carbocycles. The summed E-state index contributed by atoms with van der Waals surface area (Å²) in [5.74, 6) is 1.26. The number of nitrogens with zero attached hydrogens (tertiary/aromatic N) is 2. The first kappa shape index (κ1) is 25.3. The van der Waals surface area contributed by atoms with Crippen LogP contribution in [0.5, 0.6) is 5.75 Å². The minimum absolute atomic E-state index is 0.0227. The molecule has 0 spiro atoms. The van der Waals surface area contributed by atoms with Crippen LogP contribution in [0.3, 0.4) is 0 Å².